The van der Waals surface area contributed by atoms with E-state index in [1.165, 1.54) is 37.5 Å². The van der Waals surface area contributed by atoms with Crippen LogP contribution in [-0.2, 0) is 19.1 Å². The smallest absolute Gasteiger partial charge is 0.337 e. The van der Waals surface area contributed by atoms with Crippen molar-refractivity contribution < 1.29 is 33.4 Å². The fraction of sp³-hybridized carbons (Fsp3) is 0.0741. The zero-order valence-corrected chi connectivity index (χ0v) is 24.4. The highest BCUT2D eigenvalue weighted by molar-refractivity contribution is 9.11. The van der Waals surface area contributed by atoms with E-state index in [1.54, 1.807) is 36.4 Å². The molecule has 0 spiro atoms. The van der Waals surface area contributed by atoms with Gasteiger partial charge in [0.2, 0.25) is 0 Å². The number of benzene rings is 3. The van der Waals surface area contributed by atoms with Crippen LogP contribution in [0, 0.1) is 0 Å². The van der Waals surface area contributed by atoms with Gasteiger partial charge in [-0.05, 0) is 70.5 Å². The number of nitrogens with zero attached hydrogens (tertiary/aromatic N) is 1. The molecule has 1 fully saturated rings. The standard InChI is InChI=1S/C27H18Br2ClN3O7/c1-39-26(37)14-6-8-17(9-7-14)33-25(36)18(24(35)32-27(33)38)11-15-10-16(28)12-19(29)23(15)40-13-22(34)31-21-5-3-2-4-20(21)30/h2-12H,13H2,1H3,(H,31,34)(H,32,35,38)/b18-11-. The summed E-state index contributed by atoms with van der Waals surface area (Å²) in [6.45, 7) is -0.418. The van der Waals surface area contributed by atoms with Gasteiger partial charge < -0.3 is 14.8 Å². The Morgan fingerprint density at radius 2 is 1.75 bits per heavy atom. The number of anilines is 2. The quantitative estimate of drug-likeness (QED) is 0.195. The van der Waals surface area contributed by atoms with Gasteiger partial charge in [-0.25, -0.2) is 14.5 Å². The van der Waals surface area contributed by atoms with Crippen LogP contribution in [0.4, 0.5) is 16.2 Å². The molecule has 40 heavy (non-hydrogen) atoms. The molecule has 1 aliphatic rings. The fourth-order valence-corrected chi connectivity index (χ4v) is 5.19. The molecule has 10 nitrogen and oxygen atoms in total. The lowest BCUT2D eigenvalue weighted by atomic mass is 10.1. The van der Waals surface area contributed by atoms with Gasteiger partial charge in [0.15, 0.2) is 6.61 Å². The molecule has 1 heterocycles. The topological polar surface area (TPSA) is 131 Å². The van der Waals surface area contributed by atoms with Crippen LogP contribution in [0.3, 0.4) is 0 Å². The maximum absolute atomic E-state index is 13.4. The molecular weight excluding hydrogens is 674 g/mol. The molecule has 5 amide bonds. The Hall–Kier alpha value is -4.00. The van der Waals surface area contributed by atoms with Gasteiger partial charge >= 0.3 is 12.0 Å². The lowest BCUT2D eigenvalue weighted by Crippen LogP contribution is -2.54. The second-order valence-electron chi connectivity index (χ2n) is 8.12. The SMILES string of the molecule is COC(=O)c1ccc(N2C(=O)NC(=O)/C(=C/c3cc(Br)cc(Br)c3OCC(=O)Nc3ccccc3Cl)C2=O)cc1. The van der Waals surface area contributed by atoms with Crippen molar-refractivity contribution >= 4 is 90.6 Å². The number of rotatable bonds is 7. The predicted molar refractivity (Wildman–Crippen MR) is 154 cm³/mol. The van der Waals surface area contributed by atoms with E-state index in [4.69, 9.17) is 16.3 Å². The molecule has 4 rings (SSSR count). The van der Waals surface area contributed by atoms with Gasteiger partial charge in [0.05, 0.1) is 33.5 Å². The minimum absolute atomic E-state index is 0.122. The first kappa shape index (κ1) is 29.0. The number of hydrogen-bond donors (Lipinski definition) is 2. The minimum Gasteiger partial charge on any atom is -0.482 e. The summed E-state index contributed by atoms with van der Waals surface area (Å²) in [5.41, 5.74) is 0.635. The summed E-state index contributed by atoms with van der Waals surface area (Å²) < 4.78 is 11.4. The van der Waals surface area contributed by atoms with Crippen LogP contribution in [0.5, 0.6) is 5.75 Å². The zero-order chi connectivity index (χ0) is 29.0. The van der Waals surface area contributed by atoms with E-state index in [1.807, 2.05) is 0 Å². The molecule has 1 aliphatic heterocycles. The van der Waals surface area contributed by atoms with Gasteiger partial charge in [0.1, 0.15) is 11.3 Å². The van der Waals surface area contributed by atoms with Crippen LogP contribution in [0.15, 0.2) is 75.2 Å². The Balaban J connectivity index is 1.62. The maximum Gasteiger partial charge on any atom is 0.337 e. The maximum atomic E-state index is 13.4. The van der Waals surface area contributed by atoms with Gasteiger partial charge in [0, 0.05) is 10.0 Å². The fourth-order valence-electron chi connectivity index (χ4n) is 3.64. The molecule has 2 N–H and O–H groups in total. The summed E-state index contributed by atoms with van der Waals surface area (Å²) in [4.78, 5) is 63.6. The van der Waals surface area contributed by atoms with Crippen LogP contribution in [0.2, 0.25) is 5.02 Å². The van der Waals surface area contributed by atoms with Crippen molar-refractivity contribution in [1.29, 1.82) is 0 Å². The number of amides is 5. The van der Waals surface area contributed by atoms with E-state index < -0.39 is 36.3 Å². The number of halogens is 3. The molecular formula is C27H18Br2ClN3O7. The highest BCUT2D eigenvalue weighted by atomic mass is 79.9. The number of esters is 1. The second kappa shape index (κ2) is 12.5. The number of urea groups is 1. The van der Waals surface area contributed by atoms with Gasteiger partial charge in [-0.3, -0.25) is 19.7 Å². The highest BCUT2D eigenvalue weighted by Crippen LogP contribution is 2.35. The highest BCUT2D eigenvalue weighted by Gasteiger charge is 2.37. The van der Waals surface area contributed by atoms with Crippen LogP contribution in [0.25, 0.3) is 6.08 Å². The van der Waals surface area contributed by atoms with Crippen LogP contribution in [0.1, 0.15) is 15.9 Å². The lowest BCUT2D eigenvalue weighted by molar-refractivity contribution is -0.122. The van der Waals surface area contributed by atoms with Crippen LogP contribution < -0.4 is 20.3 Å². The van der Waals surface area contributed by atoms with Gasteiger partial charge in [-0.2, -0.15) is 0 Å². The van der Waals surface area contributed by atoms with E-state index in [0.717, 1.165) is 4.90 Å². The van der Waals surface area contributed by atoms with E-state index >= 15 is 0 Å². The van der Waals surface area contributed by atoms with Crippen molar-refractivity contribution in [1.82, 2.24) is 5.32 Å². The summed E-state index contributed by atoms with van der Waals surface area (Å²) in [7, 11) is 1.23. The molecule has 1 saturated heterocycles. The Morgan fingerprint density at radius 1 is 1.05 bits per heavy atom. The number of nitrogens with one attached hydrogen (secondary N) is 2. The first-order valence-electron chi connectivity index (χ1n) is 11.3. The molecule has 3 aromatic carbocycles. The van der Waals surface area contributed by atoms with Crippen molar-refractivity contribution in [3.05, 3.63) is 91.3 Å². The molecule has 0 aliphatic carbocycles. The molecule has 13 heteroatoms. The van der Waals surface area contributed by atoms with Gasteiger partial charge in [-0.1, -0.05) is 39.7 Å². The molecule has 0 aromatic heterocycles. The number of hydrogen-bond acceptors (Lipinski definition) is 7. The lowest BCUT2D eigenvalue weighted by Gasteiger charge is -2.26. The molecule has 204 valence electrons. The number of barbiturate groups is 1. The number of ether oxygens (including phenoxy) is 2. The normalized spacial score (nSPS) is 14.2. The van der Waals surface area contributed by atoms with Crippen molar-refractivity contribution in [2.24, 2.45) is 0 Å². The van der Waals surface area contributed by atoms with E-state index in [2.05, 4.69) is 47.2 Å². The van der Waals surface area contributed by atoms with Gasteiger partial charge in [0.25, 0.3) is 17.7 Å². The van der Waals surface area contributed by atoms with Crippen molar-refractivity contribution in [2.75, 3.05) is 23.9 Å². The monoisotopic (exact) mass is 689 g/mol. The summed E-state index contributed by atoms with van der Waals surface area (Å²) in [5.74, 6) is -2.75. The van der Waals surface area contributed by atoms with Crippen molar-refractivity contribution in [2.45, 2.75) is 0 Å². The molecule has 0 saturated carbocycles. The summed E-state index contributed by atoms with van der Waals surface area (Å²) >= 11 is 12.8. The molecule has 3 aromatic rings. The molecule has 0 unspecified atom stereocenters. The number of carbonyl (C=O) groups is 5. The first-order valence-corrected chi connectivity index (χ1v) is 13.3. The third kappa shape index (κ3) is 6.41. The Bertz CT molecular complexity index is 1570. The largest absolute Gasteiger partial charge is 0.482 e. The van der Waals surface area contributed by atoms with Crippen molar-refractivity contribution in [3.63, 3.8) is 0 Å². The Labute approximate surface area is 249 Å². The van der Waals surface area contributed by atoms with Crippen molar-refractivity contribution in [3.8, 4) is 5.75 Å². The molecule has 0 bridgehead atoms. The first-order chi connectivity index (χ1) is 19.1. The van der Waals surface area contributed by atoms with Gasteiger partial charge in [-0.15, -0.1) is 0 Å². The van der Waals surface area contributed by atoms with E-state index in [9.17, 15) is 24.0 Å². The Kier molecular flexibility index (Phi) is 9.03. The second-order valence-corrected chi connectivity index (χ2v) is 10.3. The Morgan fingerprint density at radius 3 is 2.42 bits per heavy atom. The molecule has 0 radical (unpaired) electrons. The number of para-hydroxylation sites is 1. The van der Waals surface area contributed by atoms with E-state index in [0.29, 0.717) is 19.7 Å². The zero-order valence-electron chi connectivity index (χ0n) is 20.5. The summed E-state index contributed by atoms with van der Waals surface area (Å²) in [5, 5.41) is 5.13. The third-order valence-electron chi connectivity index (χ3n) is 5.48. The predicted octanol–water partition coefficient (Wildman–Crippen LogP) is 5.34. The van der Waals surface area contributed by atoms with Crippen LogP contribution in [-0.4, -0.2) is 43.4 Å². The van der Waals surface area contributed by atoms with Crippen LogP contribution >= 0.6 is 43.5 Å². The average molecular weight is 692 g/mol. The summed E-state index contributed by atoms with van der Waals surface area (Å²) in [6.07, 6.45) is 1.25. The average Bonchev–Trinajstić information content (AvgIpc) is 2.91. The third-order valence-corrected chi connectivity index (χ3v) is 6.86. The molecule has 0 atom stereocenters. The van der Waals surface area contributed by atoms with E-state index in [-0.39, 0.29) is 28.1 Å². The summed E-state index contributed by atoms with van der Waals surface area (Å²) in [6, 6.07) is 14.5. The number of carbonyl (C=O) groups excluding carboxylic acids is 5. The number of imide groups is 2. The number of methoxy groups -OCH3 is 1. The minimum atomic E-state index is -0.957.